The summed E-state index contributed by atoms with van der Waals surface area (Å²) in [7, 11) is 0. The molecule has 190 valence electrons. The topological polar surface area (TPSA) is 71.3 Å². The summed E-state index contributed by atoms with van der Waals surface area (Å²) in [6.07, 6.45) is 1.44. The lowest BCUT2D eigenvalue weighted by molar-refractivity contribution is -0.112. The van der Waals surface area contributed by atoms with Gasteiger partial charge in [-0.3, -0.25) is 4.79 Å². The average molecular weight is 564 g/mol. The van der Waals surface area contributed by atoms with Gasteiger partial charge < -0.3 is 14.8 Å². The fourth-order valence-corrected chi connectivity index (χ4v) is 4.05. The highest BCUT2D eigenvalue weighted by Gasteiger charge is 2.13. The molecule has 0 fully saturated rings. The third-order valence-electron chi connectivity index (χ3n) is 5.38. The van der Waals surface area contributed by atoms with Crippen LogP contribution in [0.15, 0.2) is 96.6 Å². The molecular formula is C30H21Cl3N2O3. The first-order valence-corrected chi connectivity index (χ1v) is 12.6. The van der Waals surface area contributed by atoms with Crippen LogP contribution in [-0.2, 0) is 18.0 Å². The lowest BCUT2D eigenvalue weighted by Crippen LogP contribution is -2.13. The third-order valence-corrected chi connectivity index (χ3v) is 6.22. The van der Waals surface area contributed by atoms with Gasteiger partial charge in [-0.1, -0.05) is 65.1 Å². The van der Waals surface area contributed by atoms with Crippen molar-refractivity contribution >= 4 is 52.5 Å². The fourth-order valence-electron chi connectivity index (χ4n) is 3.46. The van der Waals surface area contributed by atoms with Crippen molar-refractivity contribution in [3.63, 3.8) is 0 Å². The molecule has 0 heterocycles. The molecule has 0 unspecified atom stereocenters. The highest BCUT2D eigenvalue weighted by Crippen LogP contribution is 2.27. The first kappa shape index (κ1) is 27.1. The lowest BCUT2D eigenvalue weighted by Gasteiger charge is -2.11. The smallest absolute Gasteiger partial charge is 0.266 e. The van der Waals surface area contributed by atoms with Crippen molar-refractivity contribution in [3.8, 4) is 17.6 Å². The summed E-state index contributed by atoms with van der Waals surface area (Å²) in [6, 6.07) is 28.5. The van der Waals surface area contributed by atoms with Gasteiger partial charge in [-0.2, -0.15) is 5.26 Å². The van der Waals surface area contributed by atoms with Gasteiger partial charge >= 0.3 is 0 Å². The number of nitriles is 1. The van der Waals surface area contributed by atoms with Crippen LogP contribution in [0.25, 0.3) is 6.08 Å². The molecule has 38 heavy (non-hydrogen) atoms. The second-order valence-corrected chi connectivity index (χ2v) is 9.41. The highest BCUT2D eigenvalue weighted by molar-refractivity contribution is 6.31. The maximum atomic E-state index is 12.9. The molecule has 0 bridgehead atoms. The zero-order valence-corrected chi connectivity index (χ0v) is 22.2. The van der Waals surface area contributed by atoms with Crippen LogP contribution in [0, 0.1) is 11.3 Å². The van der Waals surface area contributed by atoms with Gasteiger partial charge in [-0.05, 0) is 72.3 Å². The van der Waals surface area contributed by atoms with Crippen LogP contribution in [0.1, 0.15) is 16.7 Å². The molecule has 0 radical (unpaired) electrons. The van der Waals surface area contributed by atoms with E-state index in [4.69, 9.17) is 44.3 Å². The van der Waals surface area contributed by atoms with E-state index in [0.29, 0.717) is 44.4 Å². The predicted molar refractivity (Wildman–Crippen MR) is 152 cm³/mol. The van der Waals surface area contributed by atoms with Gasteiger partial charge in [0.1, 0.15) is 36.4 Å². The summed E-state index contributed by atoms with van der Waals surface area (Å²) in [6.45, 7) is 0.566. The zero-order chi connectivity index (χ0) is 26.9. The Hall–Kier alpha value is -3.95. The third kappa shape index (κ3) is 7.53. The molecule has 0 saturated heterocycles. The van der Waals surface area contributed by atoms with Gasteiger partial charge in [0.25, 0.3) is 5.91 Å². The minimum atomic E-state index is -0.571. The number of ether oxygens (including phenoxy) is 2. The molecule has 4 aromatic carbocycles. The maximum absolute atomic E-state index is 12.9. The maximum Gasteiger partial charge on any atom is 0.266 e. The van der Waals surface area contributed by atoms with Crippen LogP contribution in [0.5, 0.6) is 11.5 Å². The predicted octanol–water partition coefficient (Wildman–Crippen LogP) is 8.35. The Balaban J connectivity index is 1.43. The second-order valence-electron chi connectivity index (χ2n) is 8.13. The molecule has 0 aliphatic heterocycles. The van der Waals surface area contributed by atoms with Gasteiger partial charge in [0, 0.05) is 31.9 Å². The van der Waals surface area contributed by atoms with Crippen LogP contribution in [0.4, 0.5) is 5.69 Å². The number of nitrogens with zero attached hydrogens (tertiary/aromatic N) is 1. The SMILES string of the molecule is N#C/C(=C\c1cc(Cl)ccc1OCc1cccc(Cl)c1)C(=O)Nc1ccc(OCc2ccccc2Cl)cc1. The fraction of sp³-hybridized carbons (Fsp3) is 0.0667. The molecule has 0 saturated carbocycles. The van der Waals surface area contributed by atoms with Crippen LogP contribution in [-0.4, -0.2) is 5.91 Å². The molecular weight excluding hydrogens is 543 g/mol. The van der Waals surface area contributed by atoms with E-state index in [0.717, 1.165) is 11.1 Å². The molecule has 1 N–H and O–H groups in total. The van der Waals surface area contributed by atoms with E-state index in [1.54, 1.807) is 60.7 Å². The quantitative estimate of drug-likeness (QED) is 0.164. The molecule has 1 amide bonds. The normalized spacial score (nSPS) is 10.9. The largest absolute Gasteiger partial charge is 0.489 e. The van der Waals surface area contributed by atoms with Crippen molar-refractivity contribution < 1.29 is 14.3 Å². The molecule has 0 aliphatic carbocycles. The van der Waals surface area contributed by atoms with Gasteiger partial charge in [0.05, 0.1) is 0 Å². The second kappa shape index (κ2) is 13.0. The average Bonchev–Trinajstić information content (AvgIpc) is 2.91. The van der Waals surface area contributed by atoms with E-state index in [1.807, 2.05) is 36.4 Å². The number of anilines is 1. The molecule has 0 spiro atoms. The first-order valence-electron chi connectivity index (χ1n) is 11.5. The van der Waals surface area contributed by atoms with Crippen LogP contribution >= 0.6 is 34.8 Å². The van der Waals surface area contributed by atoms with E-state index in [9.17, 15) is 10.1 Å². The molecule has 0 aliphatic rings. The number of hydrogen-bond acceptors (Lipinski definition) is 4. The van der Waals surface area contributed by atoms with Crippen molar-refractivity contribution in [2.75, 3.05) is 5.32 Å². The number of carbonyl (C=O) groups excluding carboxylic acids is 1. The molecule has 4 rings (SSSR count). The zero-order valence-electron chi connectivity index (χ0n) is 20.0. The first-order chi connectivity index (χ1) is 18.4. The minimum Gasteiger partial charge on any atom is -0.489 e. The molecule has 8 heteroatoms. The van der Waals surface area contributed by atoms with Crippen LogP contribution in [0.3, 0.4) is 0 Å². The standard InChI is InChI=1S/C30H21Cl3N2O3/c31-24-6-3-4-20(14-24)18-38-29-13-8-25(32)16-22(29)15-23(17-34)30(36)35-26-9-11-27(12-10-26)37-19-21-5-1-2-7-28(21)33/h1-16H,18-19H2,(H,35,36)/b23-15+. The van der Waals surface area contributed by atoms with Crippen molar-refractivity contribution in [1.82, 2.24) is 0 Å². The van der Waals surface area contributed by atoms with Gasteiger partial charge in [-0.25, -0.2) is 0 Å². The van der Waals surface area contributed by atoms with Crippen LogP contribution < -0.4 is 14.8 Å². The van der Waals surface area contributed by atoms with Gasteiger partial charge in [-0.15, -0.1) is 0 Å². The summed E-state index contributed by atoms with van der Waals surface area (Å²) >= 11 is 18.4. The highest BCUT2D eigenvalue weighted by atomic mass is 35.5. The van der Waals surface area contributed by atoms with Crippen LogP contribution in [0.2, 0.25) is 15.1 Å². The minimum absolute atomic E-state index is 0.112. The van der Waals surface area contributed by atoms with Gasteiger partial charge in [0.2, 0.25) is 0 Å². The summed E-state index contributed by atoms with van der Waals surface area (Å²) in [5.41, 5.74) is 2.63. The summed E-state index contributed by atoms with van der Waals surface area (Å²) in [4.78, 5) is 12.9. The van der Waals surface area contributed by atoms with E-state index in [2.05, 4.69) is 5.32 Å². The Kier molecular flexibility index (Phi) is 9.29. The van der Waals surface area contributed by atoms with Gasteiger partial charge in [0.15, 0.2) is 0 Å². The number of rotatable bonds is 9. The Morgan fingerprint density at radius 2 is 1.61 bits per heavy atom. The summed E-state index contributed by atoms with van der Waals surface area (Å²) < 4.78 is 11.7. The monoisotopic (exact) mass is 562 g/mol. The number of nitrogens with one attached hydrogen (secondary N) is 1. The lowest BCUT2D eigenvalue weighted by atomic mass is 10.1. The molecule has 5 nitrogen and oxygen atoms in total. The Morgan fingerprint density at radius 1 is 0.842 bits per heavy atom. The number of carbonyl (C=O) groups is 1. The van der Waals surface area contributed by atoms with Crippen molar-refractivity contribution in [3.05, 3.63) is 128 Å². The number of benzene rings is 4. The van der Waals surface area contributed by atoms with Crippen molar-refractivity contribution in [1.29, 1.82) is 5.26 Å². The summed E-state index contributed by atoms with van der Waals surface area (Å²) in [5.74, 6) is 0.507. The van der Waals surface area contributed by atoms with E-state index in [1.165, 1.54) is 6.08 Å². The Morgan fingerprint density at radius 3 is 2.34 bits per heavy atom. The molecule has 0 aromatic heterocycles. The number of hydrogen-bond donors (Lipinski definition) is 1. The number of halogens is 3. The summed E-state index contributed by atoms with van der Waals surface area (Å²) in [5, 5.41) is 14.1. The van der Waals surface area contributed by atoms with Crippen molar-refractivity contribution in [2.45, 2.75) is 13.2 Å². The van der Waals surface area contributed by atoms with E-state index < -0.39 is 5.91 Å². The molecule has 4 aromatic rings. The Labute approximate surface area is 235 Å². The molecule has 0 atom stereocenters. The number of amides is 1. The van der Waals surface area contributed by atoms with E-state index >= 15 is 0 Å². The van der Waals surface area contributed by atoms with E-state index in [-0.39, 0.29) is 12.2 Å². The Bertz CT molecular complexity index is 1510. The van der Waals surface area contributed by atoms with Crippen molar-refractivity contribution in [2.24, 2.45) is 0 Å².